The van der Waals surface area contributed by atoms with Gasteiger partial charge in [-0.05, 0) is 159 Å². The second-order valence-electron chi connectivity index (χ2n) is 15.3. The molecule has 0 N–H and O–H groups in total. The predicted octanol–water partition coefficient (Wildman–Crippen LogP) is 16.0. The van der Waals surface area contributed by atoms with Gasteiger partial charge in [-0.25, -0.2) is 0 Å². The third kappa shape index (κ3) is 5.32. The third-order valence-electron chi connectivity index (χ3n) is 12.0. The van der Waals surface area contributed by atoms with Crippen molar-refractivity contribution in [3.8, 4) is 44.5 Å². The molecule has 0 aliphatic carbocycles. The Morgan fingerprint density at radius 2 is 0.596 bits per heavy atom. The minimum absolute atomic E-state index is 0.904. The maximum absolute atomic E-state index is 6.33. The number of rotatable bonds is 4. The number of benzene rings is 11. The van der Waals surface area contributed by atoms with Gasteiger partial charge in [-0.2, -0.15) is 0 Å². The minimum Gasteiger partial charge on any atom is -0.456 e. The number of hydrogen-bond donors (Lipinski definition) is 0. The summed E-state index contributed by atoms with van der Waals surface area (Å²) in [5, 5.41) is 14.8. The van der Waals surface area contributed by atoms with Crippen molar-refractivity contribution in [1.29, 1.82) is 0 Å². The second kappa shape index (κ2) is 12.5. The molecule has 0 amide bonds. The van der Waals surface area contributed by atoms with Gasteiger partial charge in [-0.1, -0.05) is 146 Å². The number of furan rings is 1. The quantitative estimate of drug-likeness (QED) is 0.165. The molecule has 0 spiro atoms. The van der Waals surface area contributed by atoms with Crippen molar-refractivity contribution in [2.75, 3.05) is 0 Å². The fourth-order valence-corrected chi connectivity index (χ4v) is 9.00. The van der Waals surface area contributed by atoms with Crippen molar-refractivity contribution < 1.29 is 4.42 Å². The summed E-state index contributed by atoms with van der Waals surface area (Å²) in [6.45, 7) is 0. The molecule has 11 aromatic carbocycles. The first-order chi connectivity index (χ1) is 28.2. The molecule has 12 rings (SSSR count). The van der Waals surface area contributed by atoms with Crippen LogP contribution in [-0.4, -0.2) is 0 Å². The smallest absolute Gasteiger partial charge is 0.135 e. The molecule has 264 valence electrons. The molecule has 0 unspecified atom stereocenters. The molecule has 0 fully saturated rings. The van der Waals surface area contributed by atoms with Crippen LogP contribution in [0.1, 0.15) is 0 Å². The van der Waals surface area contributed by atoms with Gasteiger partial charge in [0, 0.05) is 10.8 Å². The van der Waals surface area contributed by atoms with Crippen LogP contribution in [0.4, 0.5) is 0 Å². The fourth-order valence-electron chi connectivity index (χ4n) is 9.00. The third-order valence-corrected chi connectivity index (χ3v) is 12.0. The van der Waals surface area contributed by atoms with Crippen molar-refractivity contribution in [3.63, 3.8) is 0 Å². The van der Waals surface area contributed by atoms with Gasteiger partial charge in [0.05, 0.1) is 0 Å². The molecule has 0 saturated heterocycles. The molecule has 12 aromatic rings. The van der Waals surface area contributed by atoms with E-state index in [1.165, 1.54) is 98.4 Å². The molecule has 0 bridgehead atoms. The van der Waals surface area contributed by atoms with Crippen LogP contribution in [0.2, 0.25) is 0 Å². The molecular formula is C56H34O. The Kier molecular flexibility index (Phi) is 7.00. The molecule has 0 aliphatic rings. The van der Waals surface area contributed by atoms with Gasteiger partial charge in [-0.3, -0.25) is 0 Å². The first kappa shape index (κ1) is 31.8. The van der Waals surface area contributed by atoms with Gasteiger partial charge in [0.2, 0.25) is 0 Å². The lowest BCUT2D eigenvalue weighted by Gasteiger charge is -2.12. The Morgan fingerprint density at radius 1 is 0.211 bits per heavy atom. The summed E-state index contributed by atoms with van der Waals surface area (Å²) in [5.74, 6) is 0. The lowest BCUT2D eigenvalue weighted by Crippen LogP contribution is -1.86. The van der Waals surface area contributed by atoms with Crippen molar-refractivity contribution in [1.82, 2.24) is 0 Å². The van der Waals surface area contributed by atoms with Crippen LogP contribution < -0.4 is 0 Å². The van der Waals surface area contributed by atoms with Crippen molar-refractivity contribution >= 4 is 75.8 Å². The molecule has 1 heterocycles. The molecule has 1 nitrogen and oxygen atoms in total. The van der Waals surface area contributed by atoms with Crippen molar-refractivity contribution in [2.45, 2.75) is 0 Å². The van der Waals surface area contributed by atoms with Gasteiger partial charge in [-0.15, -0.1) is 0 Å². The molecule has 1 aromatic heterocycles. The lowest BCUT2D eigenvalue weighted by atomic mass is 9.91. The highest BCUT2D eigenvalue weighted by Gasteiger charge is 2.13. The van der Waals surface area contributed by atoms with Crippen LogP contribution in [0.15, 0.2) is 211 Å². The summed E-state index contributed by atoms with van der Waals surface area (Å²) >= 11 is 0. The van der Waals surface area contributed by atoms with E-state index in [-0.39, 0.29) is 0 Å². The van der Waals surface area contributed by atoms with Gasteiger partial charge >= 0.3 is 0 Å². The Morgan fingerprint density at radius 3 is 1.21 bits per heavy atom. The van der Waals surface area contributed by atoms with E-state index in [0.717, 1.165) is 21.9 Å². The summed E-state index contributed by atoms with van der Waals surface area (Å²) in [6.07, 6.45) is 0. The summed E-state index contributed by atoms with van der Waals surface area (Å²) in [7, 11) is 0. The van der Waals surface area contributed by atoms with Crippen molar-refractivity contribution in [3.05, 3.63) is 206 Å². The summed E-state index contributed by atoms with van der Waals surface area (Å²) in [5.41, 5.74) is 11.5. The average molecular weight is 723 g/mol. The van der Waals surface area contributed by atoms with E-state index in [9.17, 15) is 0 Å². The Bertz CT molecular complexity index is 3580. The Hall–Kier alpha value is -7.48. The van der Waals surface area contributed by atoms with E-state index in [0.29, 0.717) is 0 Å². The van der Waals surface area contributed by atoms with Gasteiger partial charge in [0.1, 0.15) is 11.2 Å². The molecule has 0 aliphatic heterocycles. The van der Waals surface area contributed by atoms with Crippen LogP contribution in [-0.2, 0) is 0 Å². The minimum atomic E-state index is 0.904. The predicted molar refractivity (Wildman–Crippen MR) is 243 cm³/mol. The van der Waals surface area contributed by atoms with Gasteiger partial charge in [0.15, 0.2) is 0 Å². The van der Waals surface area contributed by atoms with E-state index in [2.05, 4.69) is 206 Å². The molecule has 0 atom stereocenters. The Balaban J connectivity index is 0.889. The zero-order valence-electron chi connectivity index (χ0n) is 31.0. The first-order valence-corrected chi connectivity index (χ1v) is 19.6. The maximum atomic E-state index is 6.33. The number of fused-ring (bicyclic) bond motifs is 9. The van der Waals surface area contributed by atoms with Crippen LogP contribution in [0.25, 0.3) is 120 Å². The van der Waals surface area contributed by atoms with E-state index in [1.807, 2.05) is 0 Å². The molecule has 0 saturated carbocycles. The average Bonchev–Trinajstić information content (AvgIpc) is 3.65. The fraction of sp³-hybridized carbons (Fsp3) is 0. The van der Waals surface area contributed by atoms with Crippen LogP contribution in [0.3, 0.4) is 0 Å². The molecule has 1 heteroatoms. The van der Waals surface area contributed by atoms with E-state index < -0.39 is 0 Å². The van der Waals surface area contributed by atoms with Gasteiger partial charge < -0.3 is 4.42 Å². The van der Waals surface area contributed by atoms with E-state index in [4.69, 9.17) is 4.42 Å². The molecule has 0 radical (unpaired) electrons. The highest BCUT2D eigenvalue weighted by Crippen LogP contribution is 2.39. The van der Waals surface area contributed by atoms with Gasteiger partial charge in [0.25, 0.3) is 0 Å². The second-order valence-corrected chi connectivity index (χ2v) is 15.3. The zero-order valence-corrected chi connectivity index (χ0v) is 31.0. The molecule has 57 heavy (non-hydrogen) atoms. The maximum Gasteiger partial charge on any atom is 0.135 e. The largest absolute Gasteiger partial charge is 0.456 e. The van der Waals surface area contributed by atoms with Crippen LogP contribution in [0, 0.1) is 0 Å². The summed E-state index contributed by atoms with van der Waals surface area (Å²) in [4.78, 5) is 0. The van der Waals surface area contributed by atoms with Crippen molar-refractivity contribution in [2.24, 2.45) is 0 Å². The SMILES string of the molecule is c1ccc2cc(-c3ccc4oc5ccc(-c6ccc7ccc(-c8ccc9cc(-c%10cc%11ccccc%11c%11ccccc%10%11)ccc9c8)cc7c6)cc5c4c3)ccc2c1. The van der Waals surface area contributed by atoms with Crippen LogP contribution in [0.5, 0.6) is 0 Å². The normalized spacial score (nSPS) is 11.9. The zero-order chi connectivity index (χ0) is 37.5. The highest BCUT2D eigenvalue weighted by atomic mass is 16.3. The molecular weight excluding hydrogens is 689 g/mol. The summed E-state index contributed by atoms with van der Waals surface area (Å²) in [6, 6.07) is 75.5. The highest BCUT2D eigenvalue weighted by molar-refractivity contribution is 6.14. The Labute approximate surface area is 329 Å². The first-order valence-electron chi connectivity index (χ1n) is 19.6. The van der Waals surface area contributed by atoms with E-state index >= 15 is 0 Å². The number of hydrogen-bond acceptors (Lipinski definition) is 1. The van der Waals surface area contributed by atoms with Crippen LogP contribution >= 0.6 is 0 Å². The lowest BCUT2D eigenvalue weighted by molar-refractivity contribution is 0.669. The van der Waals surface area contributed by atoms with E-state index in [1.54, 1.807) is 0 Å². The standard InChI is InChI=1S/C56H34O/c1-2-8-37-27-40(16-13-35(37)7-1)44-23-25-55-53(32-44)54-33-45(24-26-56(54)57-55)43-18-15-36-14-17-42(30-48(36)31-43)38-19-20-41-29-47(22-21-39(41)28-38)52-34-46-9-3-4-10-49(46)50-11-5-6-12-51(50)52/h1-34H. The topological polar surface area (TPSA) is 13.1 Å². The monoisotopic (exact) mass is 722 g/mol. The summed E-state index contributed by atoms with van der Waals surface area (Å²) < 4.78 is 6.33.